The van der Waals surface area contributed by atoms with Gasteiger partial charge in [0.1, 0.15) is 0 Å². The number of rotatable bonds is 2. The summed E-state index contributed by atoms with van der Waals surface area (Å²) in [4.78, 5) is 2.78. The van der Waals surface area contributed by atoms with Crippen LogP contribution in [0.2, 0.25) is 0 Å². The molecule has 0 aromatic heterocycles. The average molecular weight is 202 g/mol. The van der Waals surface area contributed by atoms with Crippen LogP contribution in [0.25, 0.3) is 0 Å². The first-order valence-electron chi connectivity index (χ1n) is 4.99. The molecule has 0 heterocycles. The van der Waals surface area contributed by atoms with Gasteiger partial charge >= 0.3 is 0 Å². The van der Waals surface area contributed by atoms with E-state index in [2.05, 4.69) is 49.4 Å². The lowest BCUT2D eigenvalue weighted by molar-refractivity contribution is 1.06. The van der Waals surface area contributed by atoms with Crippen LogP contribution >= 0.6 is 11.8 Å². The Hall–Kier alpha value is -0.950. The van der Waals surface area contributed by atoms with Gasteiger partial charge in [-0.2, -0.15) is 0 Å². The van der Waals surface area contributed by atoms with Gasteiger partial charge in [-0.15, -0.1) is 0 Å². The van der Waals surface area contributed by atoms with Crippen LogP contribution in [0.3, 0.4) is 0 Å². The van der Waals surface area contributed by atoms with E-state index in [-0.39, 0.29) is 0 Å². The van der Waals surface area contributed by atoms with Gasteiger partial charge in [-0.1, -0.05) is 42.1 Å². The Morgan fingerprint density at radius 1 is 1.21 bits per heavy atom. The highest BCUT2D eigenvalue weighted by atomic mass is 32.2. The van der Waals surface area contributed by atoms with E-state index in [1.54, 1.807) is 0 Å². The summed E-state index contributed by atoms with van der Waals surface area (Å²) in [5, 5.41) is 0. The van der Waals surface area contributed by atoms with Crippen molar-refractivity contribution >= 4 is 11.8 Å². The van der Waals surface area contributed by atoms with Crippen molar-refractivity contribution in [2.45, 2.75) is 24.7 Å². The molecule has 0 N–H and O–H groups in total. The molecule has 0 bridgehead atoms. The van der Waals surface area contributed by atoms with Gasteiger partial charge in [0, 0.05) is 9.80 Å². The van der Waals surface area contributed by atoms with Crippen molar-refractivity contribution in [1.82, 2.24) is 0 Å². The molecule has 0 radical (unpaired) electrons. The summed E-state index contributed by atoms with van der Waals surface area (Å²) in [6.45, 7) is 2.13. The predicted octanol–water partition coefficient (Wildman–Crippen LogP) is 4.40. The van der Waals surface area contributed by atoms with Gasteiger partial charge in [-0.05, 0) is 37.5 Å². The van der Waals surface area contributed by atoms with E-state index in [1.807, 2.05) is 11.8 Å². The Bertz CT molecular complexity index is 360. The molecule has 72 valence electrons. The van der Waals surface area contributed by atoms with E-state index < -0.39 is 0 Å². The van der Waals surface area contributed by atoms with Crippen molar-refractivity contribution < 1.29 is 0 Å². The molecule has 0 unspecified atom stereocenters. The SMILES string of the molecule is C/C=C1\CCC=C1Sc1ccccc1. The van der Waals surface area contributed by atoms with Gasteiger partial charge in [-0.25, -0.2) is 0 Å². The number of hydrogen-bond donors (Lipinski definition) is 0. The largest absolute Gasteiger partial charge is 0.0902 e. The molecule has 1 aliphatic carbocycles. The van der Waals surface area contributed by atoms with Gasteiger partial charge in [0.05, 0.1) is 0 Å². The maximum Gasteiger partial charge on any atom is 0.0122 e. The Labute approximate surface area is 89.7 Å². The molecule has 1 heteroatoms. The van der Waals surface area contributed by atoms with Gasteiger partial charge < -0.3 is 0 Å². The molecule has 0 saturated carbocycles. The third-order valence-corrected chi connectivity index (χ3v) is 3.54. The Morgan fingerprint density at radius 3 is 2.71 bits per heavy atom. The molecule has 14 heavy (non-hydrogen) atoms. The van der Waals surface area contributed by atoms with Crippen molar-refractivity contribution in [2.24, 2.45) is 0 Å². The fourth-order valence-electron chi connectivity index (χ4n) is 1.62. The summed E-state index contributed by atoms with van der Waals surface area (Å²) in [7, 11) is 0. The first-order chi connectivity index (χ1) is 6.90. The molecule has 0 nitrogen and oxygen atoms in total. The van der Waals surface area contributed by atoms with Crippen molar-refractivity contribution in [3.8, 4) is 0 Å². The molecule has 0 aliphatic heterocycles. The first-order valence-corrected chi connectivity index (χ1v) is 5.80. The van der Waals surface area contributed by atoms with Gasteiger partial charge in [0.2, 0.25) is 0 Å². The normalized spacial score (nSPS) is 18.6. The maximum absolute atomic E-state index is 2.34. The lowest BCUT2D eigenvalue weighted by Gasteiger charge is -2.04. The highest BCUT2D eigenvalue weighted by Crippen LogP contribution is 2.37. The fourth-order valence-corrected chi connectivity index (χ4v) is 2.72. The third kappa shape index (κ3) is 2.10. The van der Waals surface area contributed by atoms with Gasteiger partial charge in [-0.3, -0.25) is 0 Å². The molecular weight excluding hydrogens is 188 g/mol. The average Bonchev–Trinajstić information content (AvgIpc) is 2.67. The lowest BCUT2D eigenvalue weighted by Crippen LogP contribution is -1.77. The van der Waals surface area contributed by atoms with Crippen molar-refractivity contribution in [1.29, 1.82) is 0 Å². The molecule has 1 aliphatic rings. The molecule has 1 aromatic carbocycles. The molecule has 2 rings (SSSR count). The van der Waals surface area contributed by atoms with Gasteiger partial charge in [0.15, 0.2) is 0 Å². The third-order valence-electron chi connectivity index (χ3n) is 2.38. The van der Waals surface area contributed by atoms with E-state index in [1.165, 1.54) is 28.2 Å². The standard InChI is InChI=1S/C13H14S/c1-2-11-7-6-10-13(11)14-12-8-4-3-5-9-12/h2-5,8-10H,6-7H2,1H3/b11-2+. The number of allylic oxidation sites excluding steroid dienone is 3. The predicted molar refractivity (Wildman–Crippen MR) is 63.4 cm³/mol. The second-order valence-corrected chi connectivity index (χ2v) is 4.45. The second kappa shape index (κ2) is 4.52. The van der Waals surface area contributed by atoms with Crippen LogP contribution in [0.5, 0.6) is 0 Å². The summed E-state index contributed by atoms with van der Waals surface area (Å²) < 4.78 is 0. The number of thioether (sulfide) groups is 1. The topological polar surface area (TPSA) is 0 Å². The Balaban J connectivity index is 2.12. The van der Waals surface area contributed by atoms with Gasteiger partial charge in [0.25, 0.3) is 0 Å². The van der Waals surface area contributed by atoms with E-state index in [0.717, 1.165) is 0 Å². The molecule has 0 fully saturated rings. The van der Waals surface area contributed by atoms with Crippen LogP contribution in [-0.2, 0) is 0 Å². The molecule has 0 spiro atoms. The quantitative estimate of drug-likeness (QED) is 0.685. The van der Waals surface area contributed by atoms with Crippen LogP contribution in [0.4, 0.5) is 0 Å². The van der Waals surface area contributed by atoms with Crippen LogP contribution in [0.15, 0.2) is 57.9 Å². The molecule has 0 amide bonds. The molecule has 0 atom stereocenters. The van der Waals surface area contributed by atoms with Crippen molar-refractivity contribution in [2.75, 3.05) is 0 Å². The summed E-state index contributed by atoms with van der Waals surface area (Å²) in [5.41, 5.74) is 1.50. The van der Waals surface area contributed by atoms with E-state index in [9.17, 15) is 0 Å². The molecule has 1 aromatic rings. The zero-order chi connectivity index (χ0) is 9.80. The zero-order valence-electron chi connectivity index (χ0n) is 8.36. The summed E-state index contributed by atoms with van der Waals surface area (Å²) in [5.74, 6) is 0. The zero-order valence-corrected chi connectivity index (χ0v) is 9.18. The first kappa shape index (κ1) is 9.60. The maximum atomic E-state index is 2.34. The lowest BCUT2D eigenvalue weighted by atomic mass is 10.2. The minimum atomic E-state index is 1.20. The monoisotopic (exact) mass is 202 g/mol. The highest BCUT2D eigenvalue weighted by molar-refractivity contribution is 8.03. The van der Waals surface area contributed by atoms with Crippen molar-refractivity contribution in [3.63, 3.8) is 0 Å². The van der Waals surface area contributed by atoms with E-state index in [0.29, 0.717) is 0 Å². The van der Waals surface area contributed by atoms with Crippen molar-refractivity contribution in [3.05, 3.63) is 53.0 Å². The van der Waals surface area contributed by atoms with Crippen LogP contribution in [0.1, 0.15) is 19.8 Å². The summed E-state index contributed by atoms with van der Waals surface area (Å²) >= 11 is 1.88. The molecular formula is C13H14S. The number of hydrogen-bond acceptors (Lipinski definition) is 1. The fraction of sp³-hybridized carbons (Fsp3) is 0.231. The summed E-state index contributed by atoms with van der Waals surface area (Å²) in [6, 6.07) is 10.6. The Morgan fingerprint density at radius 2 is 2.00 bits per heavy atom. The second-order valence-electron chi connectivity index (χ2n) is 3.34. The highest BCUT2D eigenvalue weighted by Gasteiger charge is 2.11. The molecule has 0 saturated heterocycles. The van der Waals surface area contributed by atoms with E-state index >= 15 is 0 Å². The summed E-state index contributed by atoms with van der Waals surface area (Å²) in [6.07, 6.45) is 6.99. The van der Waals surface area contributed by atoms with Crippen LogP contribution in [0, 0.1) is 0 Å². The number of benzene rings is 1. The van der Waals surface area contributed by atoms with Crippen LogP contribution < -0.4 is 0 Å². The Kier molecular flexibility index (Phi) is 3.10. The minimum Gasteiger partial charge on any atom is -0.0902 e. The van der Waals surface area contributed by atoms with Crippen LogP contribution in [-0.4, -0.2) is 0 Å². The minimum absolute atomic E-state index is 1.20. The van der Waals surface area contributed by atoms with E-state index in [4.69, 9.17) is 0 Å². The smallest absolute Gasteiger partial charge is 0.0122 e.